The highest BCUT2D eigenvalue weighted by molar-refractivity contribution is 6.32. The van der Waals surface area contributed by atoms with Crippen LogP contribution < -0.4 is 10.6 Å². The molecule has 174 valence electrons. The van der Waals surface area contributed by atoms with E-state index in [9.17, 15) is 9.90 Å². The van der Waals surface area contributed by atoms with E-state index in [1.807, 2.05) is 72.9 Å². The molecule has 0 radical (unpaired) electrons. The first-order valence-corrected chi connectivity index (χ1v) is 11.8. The molecule has 0 bridgehead atoms. The number of phenols is 1. The third-order valence-corrected chi connectivity index (χ3v) is 6.04. The van der Waals surface area contributed by atoms with Crippen molar-refractivity contribution in [3.8, 4) is 5.75 Å². The molecule has 6 heteroatoms. The van der Waals surface area contributed by atoms with E-state index in [-0.39, 0.29) is 11.7 Å². The number of H-pyrrole nitrogens is 1. The summed E-state index contributed by atoms with van der Waals surface area (Å²) >= 11 is 6.16. The Hall–Kier alpha value is -3.54. The number of aromatic amines is 1. The van der Waals surface area contributed by atoms with Crippen LogP contribution in [0.4, 0.5) is 0 Å². The van der Waals surface area contributed by atoms with Crippen LogP contribution in [0.5, 0.6) is 5.75 Å². The number of phenolic OH excluding ortho intramolecular Hbond substituents is 1. The first-order chi connectivity index (χ1) is 16.6. The number of aromatic hydroxyl groups is 1. The van der Waals surface area contributed by atoms with Gasteiger partial charge < -0.3 is 20.7 Å². The van der Waals surface area contributed by atoms with Crippen LogP contribution in [0.3, 0.4) is 0 Å². The van der Waals surface area contributed by atoms with Crippen LogP contribution in [-0.2, 0) is 13.0 Å². The Labute approximate surface area is 204 Å². The summed E-state index contributed by atoms with van der Waals surface area (Å²) in [6, 6.07) is 20.7. The number of benzene rings is 3. The maximum absolute atomic E-state index is 12.7. The number of nitrogens with one attached hydrogen (secondary N) is 3. The molecule has 0 atom stereocenters. The molecule has 1 heterocycles. The number of aromatic nitrogens is 1. The summed E-state index contributed by atoms with van der Waals surface area (Å²) in [6.45, 7) is 1.91. The molecule has 0 aliphatic rings. The molecule has 0 saturated heterocycles. The summed E-state index contributed by atoms with van der Waals surface area (Å²) in [7, 11) is 0. The van der Waals surface area contributed by atoms with Gasteiger partial charge in [-0.1, -0.05) is 60.2 Å². The zero-order valence-electron chi connectivity index (χ0n) is 18.9. The second kappa shape index (κ2) is 11.5. The van der Waals surface area contributed by atoms with Gasteiger partial charge in [0.15, 0.2) is 0 Å². The lowest BCUT2D eigenvalue weighted by Gasteiger charge is -2.11. The molecule has 1 aromatic heterocycles. The lowest BCUT2D eigenvalue weighted by Crippen LogP contribution is -2.26. The van der Waals surface area contributed by atoms with E-state index in [1.165, 1.54) is 0 Å². The summed E-state index contributed by atoms with van der Waals surface area (Å²) < 4.78 is 0. The summed E-state index contributed by atoms with van der Waals surface area (Å²) in [5, 5.41) is 17.9. The largest absolute Gasteiger partial charge is 0.508 e. The van der Waals surface area contributed by atoms with Crippen LogP contribution in [0.25, 0.3) is 17.0 Å². The van der Waals surface area contributed by atoms with Gasteiger partial charge in [0.25, 0.3) is 5.91 Å². The molecule has 0 fully saturated rings. The summed E-state index contributed by atoms with van der Waals surface area (Å²) in [6.07, 6.45) is 7.50. The molecule has 0 unspecified atom stereocenters. The average molecular weight is 474 g/mol. The first-order valence-electron chi connectivity index (χ1n) is 11.4. The molecule has 3 aromatic carbocycles. The Morgan fingerprint density at radius 2 is 1.82 bits per heavy atom. The molecule has 4 rings (SSSR count). The van der Waals surface area contributed by atoms with Crippen LogP contribution >= 0.6 is 11.6 Å². The van der Waals surface area contributed by atoms with Crippen molar-refractivity contribution < 1.29 is 9.90 Å². The fraction of sp³-hybridized carbons (Fsp3) is 0.179. The van der Waals surface area contributed by atoms with Gasteiger partial charge in [0.2, 0.25) is 0 Å². The van der Waals surface area contributed by atoms with Crippen LogP contribution in [-0.4, -0.2) is 29.1 Å². The highest BCUT2D eigenvalue weighted by atomic mass is 35.5. The van der Waals surface area contributed by atoms with Crippen LogP contribution in [0, 0.1) is 0 Å². The van der Waals surface area contributed by atoms with Crippen molar-refractivity contribution in [1.82, 2.24) is 15.6 Å². The first kappa shape index (κ1) is 23.6. The lowest BCUT2D eigenvalue weighted by atomic mass is 10.1. The van der Waals surface area contributed by atoms with Crippen molar-refractivity contribution in [3.63, 3.8) is 0 Å². The van der Waals surface area contributed by atoms with Crippen molar-refractivity contribution in [2.75, 3.05) is 13.1 Å². The Morgan fingerprint density at radius 1 is 1.00 bits per heavy atom. The standard InChI is InChI=1S/C28H28ClN3O2/c29-26-11-4-2-7-20(26)8-5-6-15-31-28(34)24-10-3-1-9-21(24)18-30-16-14-22-19-32-27-13-12-23(33)17-25(22)27/h1-5,7-13,17,19,30,32-33H,6,14-16,18H2,(H,31,34)/b8-5+. The van der Waals surface area contributed by atoms with Crippen molar-refractivity contribution in [3.05, 3.63) is 106 Å². The molecule has 0 saturated carbocycles. The highest BCUT2D eigenvalue weighted by Crippen LogP contribution is 2.23. The van der Waals surface area contributed by atoms with Gasteiger partial charge in [-0.25, -0.2) is 0 Å². The number of hydrogen-bond acceptors (Lipinski definition) is 3. The van der Waals surface area contributed by atoms with E-state index in [1.54, 1.807) is 12.1 Å². The van der Waals surface area contributed by atoms with E-state index >= 15 is 0 Å². The Morgan fingerprint density at radius 3 is 2.71 bits per heavy atom. The van der Waals surface area contributed by atoms with Crippen molar-refractivity contribution in [2.24, 2.45) is 0 Å². The van der Waals surface area contributed by atoms with E-state index in [2.05, 4.69) is 15.6 Å². The monoisotopic (exact) mass is 473 g/mol. The number of rotatable bonds is 10. The van der Waals surface area contributed by atoms with E-state index in [0.717, 1.165) is 47.0 Å². The molecule has 0 aliphatic carbocycles. The van der Waals surface area contributed by atoms with Gasteiger partial charge in [-0.3, -0.25) is 4.79 Å². The van der Waals surface area contributed by atoms with Gasteiger partial charge >= 0.3 is 0 Å². The zero-order valence-corrected chi connectivity index (χ0v) is 19.6. The van der Waals surface area contributed by atoms with Crippen molar-refractivity contribution >= 4 is 34.5 Å². The molecule has 0 spiro atoms. The second-order valence-electron chi connectivity index (χ2n) is 8.10. The normalized spacial score (nSPS) is 11.3. The van der Waals surface area contributed by atoms with Gasteiger partial charge in [-0.2, -0.15) is 0 Å². The topological polar surface area (TPSA) is 77.2 Å². The van der Waals surface area contributed by atoms with Crippen LogP contribution in [0.15, 0.2) is 79.0 Å². The SMILES string of the molecule is O=C(NCC/C=C/c1ccccc1Cl)c1ccccc1CNCCc1c[nH]c2ccc(O)cc12. The number of carbonyl (C=O) groups excluding carboxylic acids is 1. The molecule has 4 N–H and O–H groups in total. The number of carbonyl (C=O) groups is 1. The lowest BCUT2D eigenvalue weighted by molar-refractivity contribution is 0.0953. The maximum Gasteiger partial charge on any atom is 0.251 e. The van der Waals surface area contributed by atoms with Gasteiger partial charge in [0.05, 0.1) is 0 Å². The quantitative estimate of drug-likeness (QED) is 0.223. The Balaban J connectivity index is 1.26. The van der Waals surface area contributed by atoms with Gasteiger partial charge in [-0.15, -0.1) is 0 Å². The molecular weight excluding hydrogens is 446 g/mol. The maximum atomic E-state index is 12.7. The predicted octanol–water partition coefficient (Wildman–Crippen LogP) is 5.69. The van der Waals surface area contributed by atoms with Crippen LogP contribution in [0.2, 0.25) is 5.02 Å². The van der Waals surface area contributed by atoms with Crippen molar-refractivity contribution in [2.45, 2.75) is 19.4 Å². The second-order valence-corrected chi connectivity index (χ2v) is 8.50. The molecule has 5 nitrogen and oxygen atoms in total. The zero-order chi connectivity index (χ0) is 23.8. The average Bonchev–Trinajstić information content (AvgIpc) is 3.24. The van der Waals surface area contributed by atoms with Crippen LogP contribution in [0.1, 0.15) is 33.5 Å². The highest BCUT2D eigenvalue weighted by Gasteiger charge is 2.10. The predicted molar refractivity (Wildman–Crippen MR) is 139 cm³/mol. The smallest absolute Gasteiger partial charge is 0.251 e. The van der Waals surface area contributed by atoms with Gasteiger partial charge in [0.1, 0.15) is 5.75 Å². The molecule has 4 aromatic rings. The summed E-state index contributed by atoms with van der Waals surface area (Å²) in [4.78, 5) is 16.0. The minimum atomic E-state index is -0.0735. The third-order valence-electron chi connectivity index (χ3n) is 5.70. The fourth-order valence-corrected chi connectivity index (χ4v) is 4.10. The molecule has 34 heavy (non-hydrogen) atoms. The third kappa shape index (κ3) is 6.07. The Kier molecular flexibility index (Phi) is 8.02. The number of fused-ring (bicyclic) bond motifs is 1. The number of halogens is 1. The van der Waals surface area contributed by atoms with E-state index in [4.69, 9.17) is 11.6 Å². The fourth-order valence-electron chi connectivity index (χ4n) is 3.90. The van der Waals surface area contributed by atoms with E-state index in [0.29, 0.717) is 23.7 Å². The summed E-state index contributed by atoms with van der Waals surface area (Å²) in [5.74, 6) is 0.191. The minimum absolute atomic E-state index is 0.0735. The van der Waals surface area contributed by atoms with E-state index < -0.39 is 0 Å². The molecular formula is C28H28ClN3O2. The summed E-state index contributed by atoms with van der Waals surface area (Å²) in [5.41, 5.74) is 4.77. The van der Waals surface area contributed by atoms with Crippen molar-refractivity contribution in [1.29, 1.82) is 0 Å². The van der Waals surface area contributed by atoms with Gasteiger partial charge in [0, 0.05) is 40.8 Å². The molecule has 1 amide bonds. The minimum Gasteiger partial charge on any atom is -0.508 e. The van der Waals surface area contributed by atoms with Gasteiger partial charge in [-0.05, 0) is 66.4 Å². The number of amides is 1. The Bertz CT molecular complexity index is 1300. The number of hydrogen-bond donors (Lipinski definition) is 4. The molecule has 0 aliphatic heterocycles.